The Balaban J connectivity index is 2.08. The van der Waals surface area contributed by atoms with Gasteiger partial charge in [-0.2, -0.15) is 0 Å². The van der Waals surface area contributed by atoms with Crippen molar-refractivity contribution in [1.82, 2.24) is 4.90 Å². The zero-order valence-corrected chi connectivity index (χ0v) is 12.9. The van der Waals surface area contributed by atoms with Crippen LogP contribution in [0.25, 0.3) is 0 Å². The molecule has 2 rings (SSSR count). The molecule has 0 N–H and O–H groups in total. The van der Waals surface area contributed by atoms with Crippen molar-refractivity contribution in [3.05, 3.63) is 27.7 Å². The minimum Gasteiger partial charge on any atom is -0.333 e. The number of anilines is 1. The van der Waals surface area contributed by atoms with Crippen molar-refractivity contribution >= 4 is 45.0 Å². The summed E-state index contributed by atoms with van der Waals surface area (Å²) in [7, 11) is 1.66. The van der Waals surface area contributed by atoms with E-state index in [0.29, 0.717) is 23.7 Å². The largest absolute Gasteiger partial charge is 0.333 e. The molecule has 6 heteroatoms. The highest BCUT2D eigenvalue weighted by molar-refractivity contribution is 9.10. The molecule has 0 radical (unpaired) electrons. The van der Waals surface area contributed by atoms with Crippen molar-refractivity contribution in [2.45, 2.75) is 12.8 Å². The smallest absolute Gasteiger partial charge is 0.246 e. The number of benzene rings is 1. The molecule has 0 aromatic heterocycles. The van der Waals surface area contributed by atoms with Gasteiger partial charge in [0.15, 0.2) is 0 Å². The summed E-state index contributed by atoms with van der Waals surface area (Å²) in [6, 6.07) is 5.34. The predicted octanol–water partition coefficient (Wildman–Crippen LogP) is 2.69. The van der Waals surface area contributed by atoms with E-state index in [4.69, 9.17) is 11.6 Å². The van der Waals surface area contributed by atoms with Gasteiger partial charge in [-0.3, -0.25) is 9.59 Å². The molecule has 1 aliphatic rings. The summed E-state index contributed by atoms with van der Waals surface area (Å²) >= 11 is 9.43. The molecule has 1 aromatic rings. The maximum absolute atomic E-state index is 12.1. The summed E-state index contributed by atoms with van der Waals surface area (Å²) in [6.45, 7) is 0.772. The first kappa shape index (κ1) is 14.3. The summed E-state index contributed by atoms with van der Waals surface area (Å²) in [4.78, 5) is 26.7. The quantitative estimate of drug-likeness (QED) is 0.845. The van der Waals surface area contributed by atoms with Gasteiger partial charge in [0.25, 0.3) is 0 Å². The third-order valence-electron chi connectivity index (χ3n) is 3.14. The Morgan fingerprint density at radius 1 is 1.53 bits per heavy atom. The zero-order chi connectivity index (χ0) is 14.0. The number of carbonyl (C=O) groups is 2. The molecule has 1 heterocycles. The molecule has 0 spiro atoms. The van der Waals surface area contributed by atoms with Crippen molar-refractivity contribution < 1.29 is 9.59 Å². The van der Waals surface area contributed by atoms with Crippen LogP contribution < -0.4 is 4.90 Å². The molecule has 0 unspecified atom stereocenters. The summed E-state index contributed by atoms with van der Waals surface area (Å²) in [5, 5.41) is 0.498. The standard InChI is InChI=1S/C13H14BrClN2O2/c1-16(11-5-4-9(14)7-10(11)15)13(19)8-17-6-2-3-12(17)18/h4-5,7H,2-3,6,8H2,1H3. The maximum Gasteiger partial charge on any atom is 0.246 e. The highest BCUT2D eigenvalue weighted by Crippen LogP contribution is 2.28. The Bertz CT molecular complexity index is 521. The lowest BCUT2D eigenvalue weighted by atomic mass is 10.3. The van der Waals surface area contributed by atoms with Gasteiger partial charge in [0, 0.05) is 24.5 Å². The van der Waals surface area contributed by atoms with E-state index in [1.807, 2.05) is 6.07 Å². The van der Waals surface area contributed by atoms with E-state index < -0.39 is 0 Å². The first-order chi connectivity index (χ1) is 8.99. The predicted molar refractivity (Wildman–Crippen MR) is 78.4 cm³/mol. The van der Waals surface area contributed by atoms with Crippen molar-refractivity contribution in [2.75, 3.05) is 25.0 Å². The molecule has 0 atom stereocenters. The topological polar surface area (TPSA) is 40.6 Å². The van der Waals surface area contributed by atoms with E-state index >= 15 is 0 Å². The number of hydrogen-bond donors (Lipinski definition) is 0. The number of hydrogen-bond acceptors (Lipinski definition) is 2. The van der Waals surface area contributed by atoms with E-state index in [2.05, 4.69) is 15.9 Å². The van der Waals surface area contributed by atoms with Crippen molar-refractivity contribution in [3.8, 4) is 0 Å². The molecule has 1 saturated heterocycles. The van der Waals surface area contributed by atoms with Gasteiger partial charge in [-0.15, -0.1) is 0 Å². The average molecular weight is 346 g/mol. The van der Waals surface area contributed by atoms with Gasteiger partial charge in [0.1, 0.15) is 6.54 Å². The number of halogens is 2. The fraction of sp³-hybridized carbons (Fsp3) is 0.385. The minimum atomic E-state index is -0.139. The van der Waals surface area contributed by atoms with Crippen molar-refractivity contribution in [3.63, 3.8) is 0 Å². The number of carbonyl (C=O) groups excluding carboxylic acids is 2. The van der Waals surface area contributed by atoms with Gasteiger partial charge in [-0.25, -0.2) is 0 Å². The van der Waals surface area contributed by atoms with E-state index in [0.717, 1.165) is 10.9 Å². The fourth-order valence-corrected chi connectivity index (χ4v) is 2.83. The van der Waals surface area contributed by atoms with Gasteiger partial charge in [-0.1, -0.05) is 27.5 Å². The Morgan fingerprint density at radius 2 is 2.26 bits per heavy atom. The first-order valence-electron chi connectivity index (χ1n) is 5.98. The third kappa shape index (κ3) is 3.28. The summed E-state index contributed by atoms with van der Waals surface area (Å²) in [6.07, 6.45) is 1.37. The van der Waals surface area contributed by atoms with E-state index in [1.54, 1.807) is 24.1 Å². The van der Waals surface area contributed by atoms with E-state index in [9.17, 15) is 9.59 Å². The van der Waals surface area contributed by atoms with Gasteiger partial charge < -0.3 is 9.80 Å². The minimum absolute atomic E-state index is 0.0450. The molecule has 0 bridgehead atoms. The molecular formula is C13H14BrClN2O2. The molecule has 4 nitrogen and oxygen atoms in total. The molecule has 0 saturated carbocycles. The molecular weight excluding hydrogens is 332 g/mol. The Morgan fingerprint density at radius 3 is 2.84 bits per heavy atom. The monoisotopic (exact) mass is 344 g/mol. The summed E-state index contributed by atoms with van der Waals surface area (Å²) < 4.78 is 0.858. The molecule has 0 aliphatic carbocycles. The van der Waals surface area contributed by atoms with Crippen LogP contribution in [0.5, 0.6) is 0 Å². The van der Waals surface area contributed by atoms with Gasteiger partial charge in [0.05, 0.1) is 10.7 Å². The average Bonchev–Trinajstić information content (AvgIpc) is 2.74. The highest BCUT2D eigenvalue weighted by Gasteiger charge is 2.24. The number of nitrogens with zero attached hydrogens (tertiary/aromatic N) is 2. The van der Waals surface area contributed by atoms with Crippen LogP contribution in [0.4, 0.5) is 5.69 Å². The Labute approximate surface area is 125 Å². The van der Waals surface area contributed by atoms with Crippen LogP contribution in [-0.4, -0.2) is 36.9 Å². The highest BCUT2D eigenvalue weighted by atomic mass is 79.9. The lowest BCUT2D eigenvalue weighted by molar-refractivity contribution is -0.132. The number of amides is 2. The Hall–Kier alpha value is -1.07. The second kappa shape index (κ2) is 5.92. The first-order valence-corrected chi connectivity index (χ1v) is 7.15. The second-order valence-electron chi connectivity index (χ2n) is 4.47. The van der Waals surface area contributed by atoms with E-state index in [1.165, 1.54) is 4.90 Å². The maximum atomic E-state index is 12.1. The van der Waals surface area contributed by atoms with E-state index in [-0.39, 0.29) is 18.4 Å². The van der Waals surface area contributed by atoms with Crippen molar-refractivity contribution in [1.29, 1.82) is 0 Å². The summed E-state index contributed by atoms with van der Waals surface area (Å²) in [5.41, 5.74) is 0.640. The van der Waals surface area contributed by atoms with Crippen LogP contribution in [0.15, 0.2) is 22.7 Å². The summed E-state index contributed by atoms with van der Waals surface area (Å²) in [5.74, 6) is -0.0943. The molecule has 1 aromatic carbocycles. The number of likely N-dealkylation sites (N-methyl/N-ethyl adjacent to an activating group) is 1. The van der Waals surface area contributed by atoms with Crippen molar-refractivity contribution in [2.24, 2.45) is 0 Å². The van der Waals surface area contributed by atoms with Gasteiger partial charge in [0.2, 0.25) is 11.8 Å². The molecule has 1 fully saturated rings. The lowest BCUT2D eigenvalue weighted by Gasteiger charge is -2.22. The SMILES string of the molecule is CN(C(=O)CN1CCCC1=O)c1ccc(Br)cc1Cl. The van der Waals surface area contributed by atoms with Crippen LogP contribution in [0, 0.1) is 0 Å². The molecule has 1 aliphatic heterocycles. The number of likely N-dealkylation sites (tertiary alicyclic amines) is 1. The van der Waals surface area contributed by atoms with Crippen LogP contribution >= 0.6 is 27.5 Å². The van der Waals surface area contributed by atoms with Gasteiger partial charge >= 0.3 is 0 Å². The zero-order valence-electron chi connectivity index (χ0n) is 10.5. The molecule has 102 valence electrons. The third-order valence-corrected chi connectivity index (χ3v) is 3.94. The molecule has 2 amide bonds. The fourth-order valence-electron chi connectivity index (χ4n) is 2.03. The second-order valence-corrected chi connectivity index (χ2v) is 5.79. The molecule has 19 heavy (non-hydrogen) atoms. The van der Waals surface area contributed by atoms with Crippen LogP contribution in [-0.2, 0) is 9.59 Å². The number of rotatable bonds is 3. The van der Waals surface area contributed by atoms with Crippen LogP contribution in [0.1, 0.15) is 12.8 Å². The van der Waals surface area contributed by atoms with Crippen LogP contribution in [0.2, 0.25) is 5.02 Å². The Kier molecular flexibility index (Phi) is 4.47. The van der Waals surface area contributed by atoms with Gasteiger partial charge in [-0.05, 0) is 24.6 Å². The lowest BCUT2D eigenvalue weighted by Crippen LogP contribution is -2.39. The van der Waals surface area contributed by atoms with Crippen LogP contribution in [0.3, 0.4) is 0 Å². The normalized spacial score (nSPS) is 14.9.